The van der Waals surface area contributed by atoms with Crippen molar-refractivity contribution in [3.8, 4) is 0 Å². The summed E-state index contributed by atoms with van der Waals surface area (Å²) in [6.45, 7) is 3.64. The van der Waals surface area contributed by atoms with Crippen LogP contribution >= 0.6 is 11.8 Å². The summed E-state index contributed by atoms with van der Waals surface area (Å²) in [5.41, 5.74) is 2.76. The summed E-state index contributed by atoms with van der Waals surface area (Å²) in [6.07, 6.45) is 4.59. The second kappa shape index (κ2) is 7.09. The van der Waals surface area contributed by atoms with Gasteiger partial charge in [0.15, 0.2) is 5.16 Å². The highest BCUT2D eigenvalue weighted by Crippen LogP contribution is 2.27. The van der Waals surface area contributed by atoms with E-state index >= 15 is 0 Å². The third-order valence-electron chi connectivity index (χ3n) is 3.79. The van der Waals surface area contributed by atoms with Crippen LogP contribution in [0.3, 0.4) is 0 Å². The molecule has 1 aliphatic carbocycles. The molecule has 1 aromatic heterocycles. The molecule has 1 N–H and O–H groups in total. The van der Waals surface area contributed by atoms with Crippen molar-refractivity contribution < 1.29 is 14.7 Å². The molecule has 0 unspecified atom stereocenters. The highest BCUT2D eigenvalue weighted by atomic mass is 32.2. The van der Waals surface area contributed by atoms with E-state index in [1.165, 1.54) is 16.7 Å². The van der Waals surface area contributed by atoms with Gasteiger partial charge in [-0.15, -0.1) is 0 Å². The molecule has 0 atom stereocenters. The van der Waals surface area contributed by atoms with Crippen molar-refractivity contribution in [1.82, 2.24) is 14.9 Å². The van der Waals surface area contributed by atoms with Gasteiger partial charge < -0.3 is 10.0 Å². The van der Waals surface area contributed by atoms with Crippen molar-refractivity contribution in [2.75, 3.05) is 12.8 Å². The summed E-state index contributed by atoms with van der Waals surface area (Å²) in [7, 11) is 0. The quantitative estimate of drug-likeness (QED) is 0.609. The average Bonchev–Trinajstić information content (AvgIpc) is 3.27. The maximum absolute atomic E-state index is 12.3. The Morgan fingerprint density at radius 3 is 2.32 bits per heavy atom. The average molecular weight is 323 g/mol. The Bertz CT molecular complexity index is 564. The number of carboxylic acid groups (broad SMARTS) is 1. The van der Waals surface area contributed by atoms with Gasteiger partial charge in [-0.25, -0.2) is 9.97 Å². The summed E-state index contributed by atoms with van der Waals surface area (Å²) in [5, 5.41) is 9.66. The lowest BCUT2D eigenvalue weighted by Gasteiger charge is -2.20. The molecule has 120 valence electrons. The van der Waals surface area contributed by atoms with Gasteiger partial charge in [0, 0.05) is 23.9 Å². The molecule has 1 aromatic rings. The number of carboxylic acids is 1. The lowest BCUT2D eigenvalue weighted by Crippen LogP contribution is -2.37. The van der Waals surface area contributed by atoms with Gasteiger partial charge in [0.2, 0.25) is 5.91 Å². The standard InChI is InChI=1S/C15H21N3O3S/c1-9-12(10(2)17-15(16-9)22-3)6-7-13(19)18(8-14(20)21)11-4-5-11/h11H,4-8H2,1-3H3,(H,20,21). The third kappa shape index (κ3) is 4.19. The molecule has 0 saturated heterocycles. The van der Waals surface area contributed by atoms with Crippen molar-refractivity contribution in [1.29, 1.82) is 0 Å². The predicted octanol–water partition coefficient (Wildman–Crippen LogP) is 1.82. The number of hydrogen-bond donors (Lipinski definition) is 1. The van der Waals surface area contributed by atoms with Crippen molar-refractivity contribution in [3.63, 3.8) is 0 Å². The maximum Gasteiger partial charge on any atom is 0.323 e. The van der Waals surface area contributed by atoms with Crippen LogP contribution in [0.1, 0.15) is 36.2 Å². The number of amides is 1. The monoisotopic (exact) mass is 323 g/mol. The molecule has 7 heteroatoms. The Morgan fingerprint density at radius 2 is 1.86 bits per heavy atom. The van der Waals surface area contributed by atoms with Gasteiger partial charge in [-0.1, -0.05) is 11.8 Å². The zero-order valence-electron chi connectivity index (χ0n) is 13.1. The van der Waals surface area contributed by atoms with Crippen LogP contribution < -0.4 is 0 Å². The molecule has 1 saturated carbocycles. The van der Waals surface area contributed by atoms with Crippen LogP contribution in [0, 0.1) is 13.8 Å². The predicted molar refractivity (Wildman–Crippen MR) is 84.0 cm³/mol. The Hall–Kier alpha value is -1.63. The first-order valence-corrected chi connectivity index (χ1v) is 8.54. The molecule has 6 nitrogen and oxygen atoms in total. The van der Waals surface area contributed by atoms with E-state index in [0.717, 1.165) is 34.9 Å². The molecule has 0 aliphatic heterocycles. The smallest absolute Gasteiger partial charge is 0.323 e. The first-order chi connectivity index (χ1) is 10.4. The van der Waals surface area contributed by atoms with Crippen LogP contribution in [0.4, 0.5) is 0 Å². The van der Waals surface area contributed by atoms with Gasteiger partial charge in [-0.2, -0.15) is 0 Å². The molecule has 2 rings (SSSR count). The van der Waals surface area contributed by atoms with E-state index in [1.807, 2.05) is 20.1 Å². The first-order valence-electron chi connectivity index (χ1n) is 7.31. The highest BCUT2D eigenvalue weighted by molar-refractivity contribution is 7.98. The summed E-state index contributed by atoms with van der Waals surface area (Å²) < 4.78 is 0. The van der Waals surface area contributed by atoms with Gasteiger partial charge in [-0.3, -0.25) is 9.59 Å². The van der Waals surface area contributed by atoms with Gasteiger partial charge in [0.1, 0.15) is 6.54 Å². The number of carbonyl (C=O) groups is 2. The number of aromatic nitrogens is 2. The zero-order valence-corrected chi connectivity index (χ0v) is 13.9. The topological polar surface area (TPSA) is 83.4 Å². The number of thioether (sulfide) groups is 1. The van der Waals surface area contributed by atoms with Crippen LogP contribution in [0.5, 0.6) is 0 Å². The van der Waals surface area contributed by atoms with Gasteiger partial charge in [-0.05, 0) is 44.9 Å². The molecule has 1 amide bonds. The molecule has 0 radical (unpaired) electrons. The van der Waals surface area contributed by atoms with Crippen LogP contribution in [0.15, 0.2) is 5.16 Å². The van der Waals surface area contributed by atoms with Gasteiger partial charge in [0.05, 0.1) is 0 Å². The second-order valence-electron chi connectivity index (χ2n) is 5.51. The number of hydrogen-bond acceptors (Lipinski definition) is 5. The summed E-state index contributed by atoms with van der Waals surface area (Å²) in [6, 6.07) is 0.112. The fourth-order valence-electron chi connectivity index (χ4n) is 2.49. The van der Waals surface area contributed by atoms with Crippen LogP contribution in [0.25, 0.3) is 0 Å². The molecule has 0 aromatic carbocycles. The minimum absolute atomic E-state index is 0.0994. The summed E-state index contributed by atoms with van der Waals surface area (Å²) in [4.78, 5) is 33.5. The zero-order chi connectivity index (χ0) is 16.3. The minimum Gasteiger partial charge on any atom is -0.480 e. The molecule has 0 bridgehead atoms. The minimum atomic E-state index is -0.958. The van der Waals surface area contributed by atoms with Crippen molar-refractivity contribution >= 4 is 23.6 Å². The van der Waals surface area contributed by atoms with Crippen molar-refractivity contribution in [2.24, 2.45) is 0 Å². The second-order valence-corrected chi connectivity index (χ2v) is 6.28. The van der Waals surface area contributed by atoms with E-state index in [2.05, 4.69) is 9.97 Å². The lowest BCUT2D eigenvalue weighted by atomic mass is 10.1. The number of carbonyl (C=O) groups excluding carboxylic acids is 1. The van der Waals surface area contributed by atoms with E-state index in [1.54, 1.807) is 0 Å². The van der Waals surface area contributed by atoms with Crippen LogP contribution in [-0.2, 0) is 16.0 Å². The molecule has 1 heterocycles. The van der Waals surface area contributed by atoms with Gasteiger partial charge in [0.25, 0.3) is 0 Å². The van der Waals surface area contributed by atoms with Crippen molar-refractivity contribution in [2.45, 2.75) is 50.7 Å². The normalized spacial score (nSPS) is 14.0. The molecular formula is C15H21N3O3S. The number of rotatable bonds is 7. The summed E-state index contributed by atoms with van der Waals surface area (Å²) >= 11 is 1.49. The number of nitrogens with zero attached hydrogens (tertiary/aromatic N) is 3. The Kier molecular flexibility index (Phi) is 5.39. The molecular weight excluding hydrogens is 302 g/mol. The molecule has 0 spiro atoms. The van der Waals surface area contributed by atoms with Gasteiger partial charge >= 0.3 is 5.97 Å². The van der Waals surface area contributed by atoms with E-state index < -0.39 is 5.97 Å². The third-order valence-corrected chi connectivity index (χ3v) is 4.33. The van der Waals surface area contributed by atoms with Crippen LogP contribution in [-0.4, -0.2) is 50.7 Å². The number of aliphatic carboxylic acids is 1. The highest BCUT2D eigenvalue weighted by Gasteiger charge is 2.33. The fraction of sp³-hybridized carbons (Fsp3) is 0.600. The SMILES string of the molecule is CSc1nc(C)c(CCC(=O)N(CC(=O)O)C2CC2)c(C)n1. The molecule has 22 heavy (non-hydrogen) atoms. The lowest BCUT2D eigenvalue weighted by molar-refractivity contribution is -0.144. The van der Waals surface area contributed by atoms with E-state index in [9.17, 15) is 9.59 Å². The van der Waals surface area contributed by atoms with E-state index in [4.69, 9.17) is 5.11 Å². The van der Waals surface area contributed by atoms with E-state index in [0.29, 0.717) is 12.8 Å². The van der Waals surface area contributed by atoms with Crippen molar-refractivity contribution in [3.05, 3.63) is 17.0 Å². The summed E-state index contributed by atoms with van der Waals surface area (Å²) in [5.74, 6) is -1.06. The molecule has 1 fully saturated rings. The van der Waals surface area contributed by atoms with Crippen LogP contribution in [0.2, 0.25) is 0 Å². The fourth-order valence-corrected chi connectivity index (χ4v) is 2.95. The largest absolute Gasteiger partial charge is 0.480 e. The Labute approximate surface area is 134 Å². The Balaban J connectivity index is 2.02. The maximum atomic E-state index is 12.3. The first kappa shape index (κ1) is 16.7. The molecule has 1 aliphatic rings. The van der Waals surface area contributed by atoms with E-state index in [-0.39, 0.29) is 18.5 Å². The Morgan fingerprint density at radius 1 is 1.27 bits per heavy atom. The number of aryl methyl sites for hydroxylation is 2.